The van der Waals surface area contributed by atoms with Crippen LogP contribution in [0.2, 0.25) is 0 Å². The molecule has 5 heteroatoms. The first-order valence-electron chi connectivity index (χ1n) is 9.76. The van der Waals surface area contributed by atoms with Gasteiger partial charge in [-0.05, 0) is 44.1 Å². The van der Waals surface area contributed by atoms with Gasteiger partial charge in [-0.2, -0.15) is 0 Å². The summed E-state index contributed by atoms with van der Waals surface area (Å²) in [6.07, 6.45) is 6.77. The Hall–Kier alpha value is -1.88. The first kappa shape index (κ1) is 18.9. The third-order valence-electron chi connectivity index (χ3n) is 5.96. The van der Waals surface area contributed by atoms with Gasteiger partial charge in [0.15, 0.2) is 0 Å². The van der Waals surface area contributed by atoms with Crippen LogP contribution < -0.4 is 5.32 Å². The number of hydrogen-bond donors (Lipinski definition) is 1. The van der Waals surface area contributed by atoms with Crippen molar-refractivity contribution in [2.45, 2.75) is 62.9 Å². The lowest BCUT2D eigenvalue weighted by Gasteiger charge is -2.44. The summed E-state index contributed by atoms with van der Waals surface area (Å²) in [5.74, 6) is 0.390. The van der Waals surface area contributed by atoms with E-state index in [4.69, 9.17) is 4.74 Å². The molecule has 2 fully saturated rings. The van der Waals surface area contributed by atoms with Crippen molar-refractivity contribution in [3.63, 3.8) is 0 Å². The van der Waals surface area contributed by atoms with Crippen LogP contribution in [0.15, 0.2) is 30.3 Å². The summed E-state index contributed by atoms with van der Waals surface area (Å²) in [6, 6.07) is 10.4. The molecular formula is C21H30N2O3. The smallest absolute Gasteiger partial charge is 0.223 e. The molecule has 5 nitrogen and oxygen atoms in total. The number of likely N-dealkylation sites (tertiary alicyclic amines) is 1. The number of nitrogens with one attached hydrogen (secondary N) is 1. The van der Waals surface area contributed by atoms with E-state index >= 15 is 0 Å². The van der Waals surface area contributed by atoms with Gasteiger partial charge in [0.05, 0.1) is 6.61 Å². The second kappa shape index (κ2) is 8.67. The van der Waals surface area contributed by atoms with Gasteiger partial charge in [0, 0.05) is 38.1 Å². The Labute approximate surface area is 156 Å². The normalized spacial score (nSPS) is 25.7. The Morgan fingerprint density at radius 1 is 1.23 bits per heavy atom. The van der Waals surface area contributed by atoms with Crippen LogP contribution in [-0.4, -0.2) is 48.6 Å². The molecule has 1 heterocycles. The Balaban J connectivity index is 1.46. The maximum absolute atomic E-state index is 12.3. The number of aryl methyl sites for hydroxylation is 1. The SMILES string of the molecule is COCCN1C(=O)CCC12CCC(NC(=O)CCc1ccccc1)CC2. The topological polar surface area (TPSA) is 58.6 Å². The highest BCUT2D eigenvalue weighted by molar-refractivity contribution is 5.80. The average Bonchev–Trinajstić information content (AvgIpc) is 2.97. The molecule has 142 valence electrons. The van der Waals surface area contributed by atoms with Gasteiger partial charge in [0.2, 0.25) is 11.8 Å². The molecule has 0 atom stereocenters. The second-order valence-corrected chi connectivity index (χ2v) is 7.59. The maximum atomic E-state index is 12.3. The minimum atomic E-state index is 0.000873. The predicted molar refractivity (Wildman–Crippen MR) is 101 cm³/mol. The van der Waals surface area contributed by atoms with Crippen molar-refractivity contribution in [2.75, 3.05) is 20.3 Å². The van der Waals surface area contributed by atoms with Gasteiger partial charge in [-0.25, -0.2) is 0 Å². The molecule has 2 amide bonds. The largest absolute Gasteiger partial charge is 0.383 e. The van der Waals surface area contributed by atoms with Gasteiger partial charge in [0.1, 0.15) is 0 Å². The summed E-state index contributed by atoms with van der Waals surface area (Å²) in [5.41, 5.74) is 1.20. The van der Waals surface area contributed by atoms with E-state index < -0.39 is 0 Å². The van der Waals surface area contributed by atoms with Crippen molar-refractivity contribution in [3.05, 3.63) is 35.9 Å². The van der Waals surface area contributed by atoms with Gasteiger partial charge in [-0.3, -0.25) is 9.59 Å². The first-order valence-corrected chi connectivity index (χ1v) is 9.76. The first-order chi connectivity index (χ1) is 12.6. The number of carbonyl (C=O) groups is 2. The highest BCUT2D eigenvalue weighted by Gasteiger charge is 2.46. The van der Waals surface area contributed by atoms with E-state index in [1.165, 1.54) is 5.56 Å². The number of amides is 2. The fraction of sp³-hybridized carbons (Fsp3) is 0.619. The Bertz CT molecular complexity index is 609. The summed E-state index contributed by atoms with van der Waals surface area (Å²) in [5, 5.41) is 3.20. The molecule has 1 spiro atoms. The molecule has 1 aromatic carbocycles. The number of benzene rings is 1. The quantitative estimate of drug-likeness (QED) is 0.815. The van der Waals surface area contributed by atoms with Crippen LogP contribution in [0.5, 0.6) is 0 Å². The molecule has 0 radical (unpaired) electrons. The van der Waals surface area contributed by atoms with Crippen molar-refractivity contribution in [1.29, 1.82) is 0 Å². The third-order valence-corrected chi connectivity index (χ3v) is 5.96. The number of methoxy groups -OCH3 is 1. The highest BCUT2D eigenvalue weighted by atomic mass is 16.5. The van der Waals surface area contributed by atoms with Crippen molar-refractivity contribution >= 4 is 11.8 Å². The van der Waals surface area contributed by atoms with E-state index in [-0.39, 0.29) is 23.4 Å². The molecule has 0 bridgehead atoms. The number of nitrogens with zero attached hydrogens (tertiary/aromatic N) is 1. The van der Waals surface area contributed by atoms with Crippen LogP contribution in [-0.2, 0) is 20.7 Å². The molecule has 26 heavy (non-hydrogen) atoms. The summed E-state index contributed by atoms with van der Waals surface area (Å²) in [7, 11) is 1.68. The predicted octanol–water partition coefficient (Wildman–Crippen LogP) is 2.69. The molecule has 1 N–H and O–H groups in total. The van der Waals surface area contributed by atoms with E-state index in [0.717, 1.165) is 38.5 Å². The zero-order valence-electron chi connectivity index (χ0n) is 15.7. The number of rotatable bonds is 7. The van der Waals surface area contributed by atoms with Crippen LogP contribution in [0.1, 0.15) is 50.5 Å². The molecule has 1 aromatic rings. The van der Waals surface area contributed by atoms with Crippen molar-refractivity contribution in [1.82, 2.24) is 10.2 Å². The van der Waals surface area contributed by atoms with E-state index in [2.05, 4.69) is 17.4 Å². The second-order valence-electron chi connectivity index (χ2n) is 7.59. The zero-order valence-corrected chi connectivity index (χ0v) is 15.7. The van der Waals surface area contributed by atoms with E-state index in [0.29, 0.717) is 26.0 Å². The molecule has 3 rings (SSSR count). The van der Waals surface area contributed by atoms with Gasteiger partial charge in [0.25, 0.3) is 0 Å². The standard InChI is InChI=1S/C21H30N2O3/c1-26-16-15-23-20(25)11-14-21(23)12-9-18(10-13-21)22-19(24)8-7-17-5-3-2-4-6-17/h2-6,18H,7-16H2,1H3,(H,22,24). The van der Waals surface area contributed by atoms with E-state index in [1.54, 1.807) is 7.11 Å². The lowest BCUT2D eigenvalue weighted by atomic mass is 9.77. The third kappa shape index (κ3) is 4.44. The van der Waals surface area contributed by atoms with Crippen LogP contribution in [0.3, 0.4) is 0 Å². The summed E-state index contributed by atoms with van der Waals surface area (Å²) < 4.78 is 5.17. The van der Waals surface area contributed by atoms with Gasteiger partial charge >= 0.3 is 0 Å². The fourth-order valence-electron chi connectivity index (χ4n) is 4.44. The number of carbonyl (C=O) groups excluding carboxylic acids is 2. The van der Waals surface area contributed by atoms with Crippen molar-refractivity contribution in [2.24, 2.45) is 0 Å². The van der Waals surface area contributed by atoms with Gasteiger partial charge in [-0.15, -0.1) is 0 Å². The minimum absolute atomic E-state index is 0.000873. The van der Waals surface area contributed by atoms with Crippen molar-refractivity contribution < 1.29 is 14.3 Å². The summed E-state index contributed by atoms with van der Waals surface area (Å²) in [4.78, 5) is 26.5. The summed E-state index contributed by atoms with van der Waals surface area (Å²) in [6.45, 7) is 1.27. The molecule has 0 unspecified atom stereocenters. The monoisotopic (exact) mass is 358 g/mol. The Morgan fingerprint density at radius 2 is 1.96 bits per heavy atom. The Morgan fingerprint density at radius 3 is 2.65 bits per heavy atom. The van der Waals surface area contributed by atoms with Gasteiger partial charge < -0.3 is 15.0 Å². The van der Waals surface area contributed by atoms with E-state index in [9.17, 15) is 9.59 Å². The summed E-state index contributed by atoms with van der Waals surface area (Å²) >= 11 is 0. The number of hydrogen-bond acceptors (Lipinski definition) is 3. The fourth-order valence-corrected chi connectivity index (χ4v) is 4.44. The van der Waals surface area contributed by atoms with Crippen LogP contribution in [0, 0.1) is 0 Å². The van der Waals surface area contributed by atoms with E-state index in [1.807, 2.05) is 23.1 Å². The van der Waals surface area contributed by atoms with Crippen LogP contribution in [0.25, 0.3) is 0 Å². The molecule has 1 aliphatic carbocycles. The molecule has 2 aliphatic rings. The highest BCUT2D eigenvalue weighted by Crippen LogP contribution is 2.42. The zero-order chi connectivity index (χ0) is 18.4. The molecule has 1 aliphatic heterocycles. The van der Waals surface area contributed by atoms with Crippen LogP contribution in [0.4, 0.5) is 0 Å². The lowest BCUT2D eigenvalue weighted by molar-refractivity contribution is -0.133. The van der Waals surface area contributed by atoms with Gasteiger partial charge in [-0.1, -0.05) is 30.3 Å². The molecule has 1 saturated carbocycles. The number of ether oxygens (including phenoxy) is 1. The average molecular weight is 358 g/mol. The van der Waals surface area contributed by atoms with Crippen molar-refractivity contribution in [3.8, 4) is 0 Å². The minimum Gasteiger partial charge on any atom is -0.383 e. The molecule has 0 aromatic heterocycles. The Kier molecular flexibility index (Phi) is 6.30. The molecule has 1 saturated heterocycles. The lowest BCUT2D eigenvalue weighted by Crippen LogP contribution is -2.52. The van der Waals surface area contributed by atoms with Crippen LogP contribution >= 0.6 is 0 Å². The maximum Gasteiger partial charge on any atom is 0.223 e. The molecular weight excluding hydrogens is 328 g/mol.